The van der Waals surface area contributed by atoms with Crippen LogP contribution in [0.1, 0.15) is 5.56 Å². The molecular weight excluding hydrogens is 233 g/mol. The lowest BCUT2D eigenvalue weighted by atomic mass is 10.1. The van der Waals surface area contributed by atoms with Gasteiger partial charge in [0.15, 0.2) is 0 Å². The number of fused-ring (bicyclic) bond motifs is 1. The van der Waals surface area contributed by atoms with Gasteiger partial charge in [-0.25, -0.2) is 0 Å². The summed E-state index contributed by atoms with van der Waals surface area (Å²) in [6.45, 7) is 0.647. The van der Waals surface area contributed by atoms with Crippen LogP contribution in [0, 0.1) is 0 Å². The molecule has 0 amide bonds. The third-order valence-corrected chi connectivity index (χ3v) is 2.01. The lowest BCUT2D eigenvalue weighted by Crippen LogP contribution is -2.21. The minimum absolute atomic E-state index is 0. The summed E-state index contributed by atoms with van der Waals surface area (Å²) >= 11 is 0. The number of nitrogens with one attached hydrogen (secondary N) is 1. The smallest absolute Gasteiger partial charge is 0.0747 e. The van der Waals surface area contributed by atoms with E-state index in [1.807, 2.05) is 30.3 Å². The van der Waals surface area contributed by atoms with Crippen molar-refractivity contribution in [3.8, 4) is 0 Å². The van der Waals surface area contributed by atoms with Gasteiger partial charge in [0.2, 0.25) is 0 Å². The first-order valence-corrected chi connectivity index (χ1v) is 4.18. The first kappa shape index (κ1) is 14.1. The predicted octanol–water partition coefficient (Wildman–Crippen LogP) is 2.04. The number of hydrazine groups is 1. The lowest BCUT2D eigenvalue weighted by molar-refractivity contribution is 0.744. The lowest BCUT2D eigenvalue weighted by Gasteiger charge is -2.03. The van der Waals surface area contributed by atoms with E-state index in [4.69, 9.17) is 5.84 Å². The Morgan fingerprint density at radius 3 is 2.60 bits per heavy atom. The van der Waals surface area contributed by atoms with Crippen molar-refractivity contribution in [2.45, 2.75) is 6.54 Å². The van der Waals surface area contributed by atoms with Crippen LogP contribution in [0.2, 0.25) is 0 Å². The molecule has 0 atom stereocenters. The fourth-order valence-corrected chi connectivity index (χ4v) is 1.42. The molecule has 0 saturated carbocycles. The van der Waals surface area contributed by atoms with Crippen molar-refractivity contribution in [3.63, 3.8) is 0 Å². The minimum atomic E-state index is 0. The van der Waals surface area contributed by atoms with Gasteiger partial charge in [-0.15, -0.1) is 24.8 Å². The van der Waals surface area contributed by atoms with Gasteiger partial charge in [0.05, 0.1) is 5.52 Å². The van der Waals surface area contributed by atoms with Crippen LogP contribution in [0.25, 0.3) is 10.9 Å². The number of aromatic nitrogens is 1. The zero-order chi connectivity index (χ0) is 9.10. The zero-order valence-electron chi connectivity index (χ0n) is 8.01. The van der Waals surface area contributed by atoms with Crippen LogP contribution in [-0.2, 0) is 6.54 Å². The number of nitrogens with zero attached hydrogens (tertiary/aromatic N) is 1. The van der Waals surface area contributed by atoms with Crippen LogP contribution >= 0.6 is 24.8 Å². The number of hydrogen-bond donors (Lipinski definition) is 2. The van der Waals surface area contributed by atoms with E-state index in [2.05, 4.69) is 10.4 Å². The SMILES string of the molecule is Cl.Cl.NNCc1cccc2cccnc12. The minimum Gasteiger partial charge on any atom is -0.271 e. The summed E-state index contributed by atoms with van der Waals surface area (Å²) in [6.07, 6.45) is 1.79. The van der Waals surface area contributed by atoms with E-state index in [-0.39, 0.29) is 24.8 Å². The molecule has 1 heterocycles. The van der Waals surface area contributed by atoms with Crippen molar-refractivity contribution < 1.29 is 0 Å². The van der Waals surface area contributed by atoms with Gasteiger partial charge >= 0.3 is 0 Å². The summed E-state index contributed by atoms with van der Waals surface area (Å²) in [4.78, 5) is 4.30. The molecule has 82 valence electrons. The summed E-state index contributed by atoms with van der Waals surface area (Å²) in [5, 5.41) is 1.15. The highest BCUT2D eigenvalue weighted by atomic mass is 35.5. The van der Waals surface area contributed by atoms with E-state index in [0.29, 0.717) is 6.54 Å². The van der Waals surface area contributed by atoms with Crippen molar-refractivity contribution in [3.05, 3.63) is 42.1 Å². The molecule has 2 aromatic rings. The molecule has 3 N–H and O–H groups in total. The monoisotopic (exact) mass is 245 g/mol. The Labute approximate surface area is 101 Å². The zero-order valence-corrected chi connectivity index (χ0v) is 9.65. The average molecular weight is 246 g/mol. The number of rotatable bonds is 2. The molecule has 0 spiro atoms. The van der Waals surface area contributed by atoms with Crippen LogP contribution in [-0.4, -0.2) is 4.98 Å². The maximum atomic E-state index is 5.27. The van der Waals surface area contributed by atoms with E-state index < -0.39 is 0 Å². The second-order valence-electron chi connectivity index (χ2n) is 2.87. The standard InChI is InChI=1S/C10H11N3.2ClH/c11-13-7-9-4-1-3-8-5-2-6-12-10(8)9;;/h1-6,13H,7,11H2;2*1H. The summed E-state index contributed by atoms with van der Waals surface area (Å²) < 4.78 is 0. The quantitative estimate of drug-likeness (QED) is 0.629. The first-order valence-electron chi connectivity index (χ1n) is 4.18. The highest BCUT2D eigenvalue weighted by Crippen LogP contribution is 2.14. The van der Waals surface area contributed by atoms with Crippen molar-refractivity contribution >= 4 is 35.7 Å². The molecule has 1 aromatic carbocycles. The molecule has 1 aromatic heterocycles. The summed E-state index contributed by atoms with van der Waals surface area (Å²) in [6, 6.07) is 10.1. The van der Waals surface area contributed by atoms with Gasteiger partial charge in [-0.3, -0.25) is 16.3 Å². The van der Waals surface area contributed by atoms with Crippen LogP contribution in [0.5, 0.6) is 0 Å². The van der Waals surface area contributed by atoms with Gasteiger partial charge in [-0.1, -0.05) is 24.3 Å². The predicted molar refractivity (Wildman–Crippen MR) is 67.3 cm³/mol. The Morgan fingerprint density at radius 2 is 1.87 bits per heavy atom. The summed E-state index contributed by atoms with van der Waals surface area (Å²) in [5.41, 5.74) is 4.78. The van der Waals surface area contributed by atoms with Crippen molar-refractivity contribution in [2.75, 3.05) is 0 Å². The van der Waals surface area contributed by atoms with E-state index in [1.54, 1.807) is 6.20 Å². The second-order valence-corrected chi connectivity index (χ2v) is 2.87. The van der Waals surface area contributed by atoms with E-state index >= 15 is 0 Å². The number of benzene rings is 1. The molecule has 2 rings (SSSR count). The molecule has 3 nitrogen and oxygen atoms in total. The Kier molecular flexibility index (Phi) is 6.20. The molecule has 0 radical (unpaired) electrons. The number of nitrogens with two attached hydrogens (primary N) is 1. The maximum Gasteiger partial charge on any atom is 0.0747 e. The van der Waals surface area contributed by atoms with Gasteiger partial charge in [0, 0.05) is 18.1 Å². The van der Waals surface area contributed by atoms with Crippen molar-refractivity contribution in [2.24, 2.45) is 5.84 Å². The number of halogens is 2. The van der Waals surface area contributed by atoms with Crippen LogP contribution in [0.15, 0.2) is 36.5 Å². The fourth-order valence-electron chi connectivity index (χ4n) is 1.42. The average Bonchev–Trinajstić information content (AvgIpc) is 2.19. The third-order valence-electron chi connectivity index (χ3n) is 2.01. The third kappa shape index (κ3) is 3.04. The molecule has 0 fully saturated rings. The van der Waals surface area contributed by atoms with E-state index in [1.165, 1.54) is 0 Å². The summed E-state index contributed by atoms with van der Waals surface area (Å²) in [7, 11) is 0. The molecule has 0 saturated heterocycles. The highest BCUT2D eigenvalue weighted by molar-refractivity contribution is 5.85. The molecule has 0 aliphatic rings. The largest absolute Gasteiger partial charge is 0.271 e. The van der Waals surface area contributed by atoms with Crippen LogP contribution < -0.4 is 11.3 Å². The molecule has 0 aliphatic carbocycles. The van der Waals surface area contributed by atoms with Gasteiger partial charge in [-0.05, 0) is 11.6 Å². The Hall–Kier alpha value is -0.870. The van der Waals surface area contributed by atoms with E-state index in [9.17, 15) is 0 Å². The van der Waals surface area contributed by atoms with Gasteiger partial charge in [-0.2, -0.15) is 0 Å². The van der Waals surface area contributed by atoms with Crippen molar-refractivity contribution in [1.29, 1.82) is 0 Å². The van der Waals surface area contributed by atoms with E-state index in [0.717, 1.165) is 16.5 Å². The molecule has 0 aliphatic heterocycles. The number of pyridine rings is 1. The molecular formula is C10H13Cl2N3. The van der Waals surface area contributed by atoms with Crippen LogP contribution in [0.3, 0.4) is 0 Å². The van der Waals surface area contributed by atoms with Crippen LogP contribution in [0.4, 0.5) is 0 Å². The first-order chi connectivity index (χ1) is 6.42. The molecule has 0 bridgehead atoms. The Bertz CT molecular complexity index is 415. The topological polar surface area (TPSA) is 50.9 Å². The molecule has 5 heteroatoms. The molecule has 15 heavy (non-hydrogen) atoms. The molecule has 0 unspecified atom stereocenters. The van der Waals surface area contributed by atoms with Crippen molar-refractivity contribution in [1.82, 2.24) is 10.4 Å². The number of para-hydroxylation sites is 1. The second kappa shape index (κ2) is 6.58. The number of hydrogen-bond acceptors (Lipinski definition) is 3. The summed E-state index contributed by atoms with van der Waals surface area (Å²) in [5.74, 6) is 5.27. The fraction of sp³-hybridized carbons (Fsp3) is 0.100. The van der Waals surface area contributed by atoms with Gasteiger partial charge in [0.1, 0.15) is 0 Å². The van der Waals surface area contributed by atoms with Gasteiger partial charge < -0.3 is 0 Å². The Morgan fingerprint density at radius 1 is 1.13 bits per heavy atom. The maximum absolute atomic E-state index is 5.27. The highest BCUT2D eigenvalue weighted by Gasteiger charge is 1.98. The van der Waals surface area contributed by atoms with Gasteiger partial charge in [0.25, 0.3) is 0 Å². The normalized spacial score (nSPS) is 9.13. The Balaban J connectivity index is 0.000000980.